The van der Waals surface area contributed by atoms with Gasteiger partial charge in [-0.2, -0.15) is 4.39 Å². The monoisotopic (exact) mass is 325 g/mol. The van der Waals surface area contributed by atoms with Gasteiger partial charge in [-0.15, -0.1) is 0 Å². The maximum Gasteiger partial charge on any atom is 0.271 e. The summed E-state index contributed by atoms with van der Waals surface area (Å²) in [6, 6.07) is 6.60. The van der Waals surface area contributed by atoms with Gasteiger partial charge in [-0.3, -0.25) is 4.72 Å². The van der Waals surface area contributed by atoms with Crippen molar-refractivity contribution in [2.75, 3.05) is 4.72 Å². The number of rotatable bonds is 3. The van der Waals surface area contributed by atoms with Gasteiger partial charge in [0.25, 0.3) is 10.0 Å². The SMILES string of the molecule is O=S(=O)(Nc1ccc(Cl)c(Cl)c1)c1ccc(F)s1. The van der Waals surface area contributed by atoms with Crippen LogP contribution in [0.5, 0.6) is 0 Å². The zero-order chi connectivity index (χ0) is 13.3. The van der Waals surface area contributed by atoms with E-state index in [0.717, 1.165) is 6.07 Å². The quantitative estimate of drug-likeness (QED) is 0.927. The molecule has 96 valence electrons. The van der Waals surface area contributed by atoms with Crippen LogP contribution in [0.15, 0.2) is 34.5 Å². The summed E-state index contributed by atoms with van der Waals surface area (Å²) >= 11 is 12.0. The molecule has 0 atom stereocenters. The lowest BCUT2D eigenvalue weighted by Gasteiger charge is -2.06. The highest BCUT2D eigenvalue weighted by molar-refractivity contribution is 7.94. The Hall–Kier alpha value is -0.820. The van der Waals surface area contributed by atoms with E-state index in [0.29, 0.717) is 16.4 Å². The fourth-order valence-corrected chi connectivity index (χ4v) is 3.56. The van der Waals surface area contributed by atoms with E-state index in [4.69, 9.17) is 23.2 Å². The van der Waals surface area contributed by atoms with E-state index in [2.05, 4.69) is 4.72 Å². The first-order valence-electron chi connectivity index (χ1n) is 4.62. The van der Waals surface area contributed by atoms with Crippen LogP contribution in [0.1, 0.15) is 0 Å². The molecule has 0 saturated carbocycles. The van der Waals surface area contributed by atoms with E-state index in [1.165, 1.54) is 24.3 Å². The van der Waals surface area contributed by atoms with E-state index < -0.39 is 15.2 Å². The molecule has 0 aliphatic carbocycles. The molecule has 1 aromatic heterocycles. The van der Waals surface area contributed by atoms with Gasteiger partial charge in [-0.1, -0.05) is 34.5 Å². The van der Waals surface area contributed by atoms with E-state index in [1.54, 1.807) is 0 Å². The summed E-state index contributed by atoms with van der Waals surface area (Å²) in [5.41, 5.74) is 0.262. The molecule has 18 heavy (non-hydrogen) atoms. The zero-order valence-electron chi connectivity index (χ0n) is 8.65. The third kappa shape index (κ3) is 2.95. The van der Waals surface area contributed by atoms with Crippen molar-refractivity contribution in [1.82, 2.24) is 0 Å². The summed E-state index contributed by atoms with van der Waals surface area (Å²) in [6.07, 6.45) is 0. The van der Waals surface area contributed by atoms with E-state index >= 15 is 0 Å². The lowest BCUT2D eigenvalue weighted by Crippen LogP contribution is -2.11. The average molecular weight is 326 g/mol. The lowest BCUT2D eigenvalue weighted by molar-refractivity contribution is 0.603. The fourth-order valence-electron chi connectivity index (χ4n) is 1.21. The van der Waals surface area contributed by atoms with Gasteiger partial charge in [0.15, 0.2) is 5.13 Å². The number of hydrogen-bond donors (Lipinski definition) is 1. The Labute approximate surface area is 117 Å². The van der Waals surface area contributed by atoms with E-state index in [9.17, 15) is 12.8 Å². The van der Waals surface area contributed by atoms with Crippen molar-refractivity contribution in [3.63, 3.8) is 0 Å². The van der Waals surface area contributed by atoms with Crippen molar-refractivity contribution >= 4 is 50.2 Å². The molecule has 8 heteroatoms. The molecule has 0 amide bonds. The van der Waals surface area contributed by atoms with Crippen molar-refractivity contribution in [3.8, 4) is 0 Å². The Kier molecular flexibility index (Phi) is 3.82. The van der Waals surface area contributed by atoms with Crippen LogP contribution >= 0.6 is 34.5 Å². The molecular weight excluding hydrogens is 320 g/mol. The number of nitrogens with one attached hydrogen (secondary N) is 1. The predicted molar refractivity (Wildman–Crippen MR) is 71.5 cm³/mol. The highest BCUT2D eigenvalue weighted by Crippen LogP contribution is 2.27. The number of sulfonamides is 1. The van der Waals surface area contributed by atoms with Gasteiger partial charge < -0.3 is 0 Å². The van der Waals surface area contributed by atoms with Crippen LogP contribution in [0.4, 0.5) is 10.1 Å². The molecule has 0 spiro atoms. The summed E-state index contributed by atoms with van der Waals surface area (Å²) in [6.45, 7) is 0. The first-order valence-corrected chi connectivity index (χ1v) is 7.67. The normalized spacial score (nSPS) is 11.5. The van der Waals surface area contributed by atoms with Crippen LogP contribution in [0.25, 0.3) is 0 Å². The molecule has 0 aliphatic rings. The van der Waals surface area contributed by atoms with E-state index in [1.807, 2.05) is 0 Å². The first kappa shape index (κ1) is 13.6. The highest BCUT2D eigenvalue weighted by atomic mass is 35.5. The van der Waals surface area contributed by atoms with Gasteiger partial charge >= 0.3 is 0 Å². The minimum atomic E-state index is -3.80. The van der Waals surface area contributed by atoms with Crippen molar-refractivity contribution in [2.45, 2.75) is 4.21 Å². The zero-order valence-corrected chi connectivity index (χ0v) is 11.8. The fraction of sp³-hybridized carbons (Fsp3) is 0. The van der Waals surface area contributed by atoms with Gasteiger partial charge in [0.2, 0.25) is 0 Å². The van der Waals surface area contributed by atoms with E-state index in [-0.39, 0.29) is 14.9 Å². The van der Waals surface area contributed by atoms with Crippen LogP contribution in [-0.4, -0.2) is 8.42 Å². The van der Waals surface area contributed by atoms with Crippen LogP contribution in [0, 0.1) is 5.13 Å². The second-order valence-corrected chi connectivity index (χ2v) is 7.05. The molecule has 0 saturated heterocycles. The Morgan fingerprint density at radius 2 is 1.83 bits per heavy atom. The molecule has 0 radical (unpaired) electrons. The third-order valence-electron chi connectivity index (χ3n) is 1.99. The number of benzene rings is 1. The van der Waals surface area contributed by atoms with Gasteiger partial charge in [0.05, 0.1) is 15.7 Å². The van der Waals surface area contributed by atoms with Gasteiger partial charge in [-0.25, -0.2) is 8.42 Å². The highest BCUT2D eigenvalue weighted by Gasteiger charge is 2.17. The predicted octanol–water partition coefficient (Wildman–Crippen LogP) is 3.99. The summed E-state index contributed by atoms with van der Waals surface area (Å²) in [4.78, 5) is 0. The minimum Gasteiger partial charge on any atom is -0.279 e. The maximum atomic E-state index is 12.8. The molecule has 2 rings (SSSR count). The standard InChI is InChI=1S/C10H6Cl2FNO2S2/c11-7-2-1-6(5-8(7)12)14-18(15,16)10-4-3-9(13)17-10/h1-5,14H. The molecular formula is C10H6Cl2FNO2S2. The smallest absolute Gasteiger partial charge is 0.271 e. The molecule has 1 aromatic carbocycles. The van der Waals surface area contributed by atoms with Crippen molar-refractivity contribution in [2.24, 2.45) is 0 Å². The number of thiophene rings is 1. The molecule has 0 fully saturated rings. The Balaban J connectivity index is 2.30. The molecule has 0 unspecified atom stereocenters. The molecule has 2 aromatic rings. The van der Waals surface area contributed by atoms with Crippen molar-refractivity contribution in [1.29, 1.82) is 0 Å². The topological polar surface area (TPSA) is 46.2 Å². The average Bonchev–Trinajstić information content (AvgIpc) is 2.71. The number of anilines is 1. The molecule has 0 bridgehead atoms. The number of hydrogen-bond acceptors (Lipinski definition) is 3. The third-order valence-corrected chi connectivity index (χ3v) is 5.47. The van der Waals surface area contributed by atoms with Crippen LogP contribution in [-0.2, 0) is 10.0 Å². The van der Waals surface area contributed by atoms with Crippen LogP contribution in [0.2, 0.25) is 10.0 Å². The Bertz CT molecular complexity index is 685. The van der Waals surface area contributed by atoms with Crippen LogP contribution < -0.4 is 4.72 Å². The summed E-state index contributed by atoms with van der Waals surface area (Å²) in [7, 11) is -3.80. The summed E-state index contributed by atoms with van der Waals surface area (Å²) in [5.74, 6) is 0. The van der Waals surface area contributed by atoms with Crippen molar-refractivity contribution in [3.05, 3.63) is 45.5 Å². The summed E-state index contributed by atoms with van der Waals surface area (Å²) in [5, 5.41) is -0.0134. The lowest BCUT2D eigenvalue weighted by atomic mass is 10.3. The maximum absolute atomic E-state index is 12.8. The molecule has 3 nitrogen and oxygen atoms in total. The molecule has 0 aliphatic heterocycles. The first-order chi connectivity index (χ1) is 8.38. The number of halogens is 3. The molecule has 1 heterocycles. The minimum absolute atomic E-state index is 0.105. The Morgan fingerprint density at radius 1 is 1.11 bits per heavy atom. The second-order valence-electron chi connectivity index (χ2n) is 3.29. The second kappa shape index (κ2) is 5.05. The molecule has 1 N–H and O–H groups in total. The van der Waals surface area contributed by atoms with Crippen LogP contribution in [0.3, 0.4) is 0 Å². The van der Waals surface area contributed by atoms with Gasteiger partial charge in [0, 0.05) is 0 Å². The van der Waals surface area contributed by atoms with Crippen molar-refractivity contribution < 1.29 is 12.8 Å². The summed E-state index contributed by atoms with van der Waals surface area (Å²) < 4.78 is 38.7. The van der Waals surface area contributed by atoms with Gasteiger partial charge in [0.1, 0.15) is 4.21 Å². The largest absolute Gasteiger partial charge is 0.279 e. The Morgan fingerprint density at radius 3 is 2.39 bits per heavy atom. The van der Waals surface area contributed by atoms with Gasteiger partial charge in [-0.05, 0) is 30.3 Å².